The average Bonchev–Trinajstić information content (AvgIpc) is 3.08. The minimum absolute atomic E-state index is 0.0606. The minimum atomic E-state index is 0.0606. The lowest BCUT2D eigenvalue weighted by Crippen LogP contribution is -2.23. The molecular formula is C21H21ClN2O2S2. The van der Waals surface area contributed by atoms with Gasteiger partial charge in [0.1, 0.15) is 10.6 Å². The number of hydrogen-bond donors (Lipinski definition) is 0. The molecule has 0 radical (unpaired) electrons. The topological polar surface area (TPSA) is 44.1 Å². The Labute approximate surface area is 177 Å². The Kier molecular flexibility index (Phi) is 6.09. The fourth-order valence-corrected chi connectivity index (χ4v) is 5.70. The van der Waals surface area contributed by atoms with Gasteiger partial charge < -0.3 is 4.74 Å². The van der Waals surface area contributed by atoms with Crippen molar-refractivity contribution >= 4 is 44.9 Å². The van der Waals surface area contributed by atoms with Gasteiger partial charge in [0.15, 0.2) is 5.16 Å². The molecule has 2 heterocycles. The Balaban J connectivity index is 1.55. The summed E-state index contributed by atoms with van der Waals surface area (Å²) in [6.45, 7) is 4.80. The average molecular weight is 433 g/mol. The molecule has 1 aromatic carbocycles. The zero-order valence-electron chi connectivity index (χ0n) is 15.4. The fourth-order valence-electron chi connectivity index (χ4n) is 3.44. The molecule has 4 nitrogen and oxygen atoms in total. The van der Waals surface area contributed by atoms with Crippen LogP contribution in [0.25, 0.3) is 10.2 Å². The summed E-state index contributed by atoms with van der Waals surface area (Å²) in [4.78, 5) is 20.2. The van der Waals surface area contributed by atoms with Gasteiger partial charge in [-0.2, -0.15) is 0 Å². The maximum absolute atomic E-state index is 13.2. The third kappa shape index (κ3) is 4.00. The van der Waals surface area contributed by atoms with Crippen LogP contribution in [0.15, 0.2) is 46.9 Å². The van der Waals surface area contributed by atoms with E-state index in [1.165, 1.54) is 16.9 Å². The summed E-state index contributed by atoms with van der Waals surface area (Å²) in [5, 5.41) is 2.24. The summed E-state index contributed by atoms with van der Waals surface area (Å²) in [6, 6.07) is 7.31. The summed E-state index contributed by atoms with van der Waals surface area (Å²) in [6.07, 6.45) is 6.15. The van der Waals surface area contributed by atoms with Crippen molar-refractivity contribution in [1.82, 2.24) is 9.55 Å². The second kappa shape index (κ2) is 8.72. The summed E-state index contributed by atoms with van der Waals surface area (Å²) in [5.74, 6) is 1.48. The van der Waals surface area contributed by atoms with Gasteiger partial charge in [-0.3, -0.25) is 9.36 Å². The predicted molar refractivity (Wildman–Crippen MR) is 118 cm³/mol. The third-order valence-corrected chi connectivity index (χ3v) is 7.13. The number of thioether (sulfide) groups is 1. The van der Waals surface area contributed by atoms with Gasteiger partial charge in [0, 0.05) is 22.2 Å². The maximum Gasteiger partial charge on any atom is 0.263 e. The molecule has 146 valence electrons. The molecule has 0 unspecified atom stereocenters. The molecule has 4 rings (SSSR count). The highest BCUT2D eigenvalue weighted by Crippen LogP contribution is 2.34. The molecule has 0 atom stereocenters. The number of benzene rings is 1. The van der Waals surface area contributed by atoms with Gasteiger partial charge in [-0.15, -0.1) is 17.9 Å². The number of aryl methyl sites for hydroxylation is 2. The van der Waals surface area contributed by atoms with Crippen molar-refractivity contribution in [3.8, 4) is 5.75 Å². The molecule has 0 saturated heterocycles. The van der Waals surface area contributed by atoms with Crippen molar-refractivity contribution < 1.29 is 4.74 Å². The van der Waals surface area contributed by atoms with Crippen LogP contribution < -0.4 is 10.3 Å². The zero-order valence-corrected chi connectivity index (χ0v) is 17.8. The number of halogens is 1. The van der Waals surface area contributed by atoms with E-state index >= 15 is 0 Å². The highest BCUT2D eigenvalue weighted by atomic mass is 35.5. The number of hydrogen-bond acceptors (Lipinski definition) is 5. The monoisotopic (exact) mass is 432 g/mol. The van der Waals surface area contributed by atoms with E-state index in [0.29, 0.717) is 23.9 Å². The van der Waals surface area contributed by atoms with Crippen LogP contribution >= 0.6 is 34.7 Å². The second-order valence-corrected chi connectivity index (χ2v) is 9.22. The molecule has 0 N–H and O–H groups in total. The van der Waals surface area contributed by atoms with E-state index in [1.807, 2.05) is 12.1 Å². The van der Waals surface area contributed by atoms with Gasteiger partial charge in [0.25, 0.3) is 5.56 Å². The van der Waals surface area contributed by atoms with E-state index in [2.05, 4.69) is 6.58 Å². The van der Waals surface area contributed by atoms with Gasteiger partial charge in [0.05, 0.1) is 12.0 Å². The van der Waals surface area contributed by atoms with E-state index in [9.17, 15) is 4.79 Å². The molecule has 1 aliphatic carbocycles. The summed E-state index contributed by atoms with van der Waals surface area (Å²) < 4.78 is 7.49. The van der Waals surface area contributed by atoms with Gasteiger partial charge in [-0.25, -0.2) is 4.98 Å². The number of thiophene rings is 1. The van der Waals surface area contributed by atoms with Crippen molar-refractivity contribution in [2.75, 3.05) is 12.4 Å². The van der Waals surface area contributed by atoms with Crippen LogP contribution in [-0.4, -0.2) is 21.9 Å². The molecular weight excluding hydrogens is 412 g/mol. The molecule has 28 heavy (non-hydrogen) atoms. The van der Waals surface area contributed by atoms with Crippen molar-refractivity contribution in [3.05, 3.63) is 62.7 Å². The molecule has 3 aromatic rings. The molecule has 0 bridgehead atoms. The second-order valence-electron chi connectivity index (χ2n) is 6.64. The molecule has 0 spiro atoms. The normalized spacial score (nSPS) is 13.5. The Morgan fingerprint density at radius 2 is 2.07 bits per heavy atom. The lowest BCUT2D eigenvalue weighted by molar-refractivity contribution is 0.344. The Morgan fingerprint density at radius 3 is 2.86 bits per heavy atom. The van der Waals surface area contributed by atoms with Gasteiger partial charge in [-0.05, 0) is 55.5 Å². The molecule has 7 heteroatoms. The largest absolute Gasteiger partial charge is 0.493 e. The molecule has 0 aliphatic heterocycles. The fraction of sp³-hybridized carbons (Fsp3) is 0.333. The number of fused-ring (bicyclic) bond motifs is 3. The summed E-state index contributed by atoms with van der Waals surface area (Å²) in [7, 11) is 0. The van der Waals surface area contributed by atoms with Gasteiger partial charge >= 0.3 is 0 Å². The quantitative estimate of drug-likeness (QED) is 0.218. The van der Waals surface area contributed by atoms with Crippen LogP contribution in [-0.2, 0) is 19.4 Å². The first kappa shape index (κ1) is 19.6. The summed E-state index contributed by atoms with van der Waals surface area (Å²) >= 11 is 9.12. The van der Waals surface area contributed by atoms with Crippen LogP contribution in [0.1, 0.15) is 23.3 Å². The first-order chi connectivity index (χ1) is 13.7. The van der Waals surface area contributed by atoms with Gasteiger partial charge in [0.2, 0.25) is 0 Å². The smallest absolute Gasteiger partial charge is 0.263 e. The standard InChI is InChI=1S/C21H21ClN2O2S2/c1-2-11-24-20(25)18-16-5-3-4-6-17(16)28-19(18)23-21(24)27-13-12-26-15-9-7-14(22)8-10-15/h2,7-10H,1,3-6,11-13H2. The highest BCUT2D eigenvalue weighted by Gasteiger charge is 2.21. The van der Waals surface area contributed by atoms with Crippen molar-refractivity contribution in [3.63, 3.8) is 0 Å². The minimum Gasteiger partial charge on any atom is -0.493 e. The number of ether oxygens (including phenoxy) is 1. The van der Waals surface area contributed by atoms with E-state index in [4.69, 9.17) is 21.3 Å². The Morgan fingerprint density at radius 1 is 1.29 bits per heavy atom. The molecule has 0 saturated carbocycles. The number of aromatic nitrogens is 2. The van der Waals surface area contributed by atoms with E-state index in [0.717, 1.165) is 40.4 Å². The first-order valence-electron chi connectivity index (χ1n) is 9.34. The first-order valence-corrected chi connectivity index (χ1v) is 11.5. The van der Waals surface area contributed by atoms with E-state index < -0.39 is 0 Å². The van der Waals surface area contributed by atoms with Crippen LogP contribution in [0.2, 0.25) is 5.02 Å². The van der Waals surface area contributed by atoms with Crippen LogP contribution in [0.3, 0.4) is 0 Å². The van der Waals surface area contributed by atoms with E-state index in [-0.39, 0.29) is 5.56 Å². The SMILES string of the molecule is C=CCn1c(SCCOc2ccc(Cl)cc2)nc2sc3c(c2c1=O)CCCC3. The molecule has 1 aliphatic rings. The number of nitrogens with zero attached hydrogens (tertiary/aromatic N) is 2. The molecule has 0 amide bonds. The maximum atomic E-state index is 13.2. The van der Waals surface area contributed by atoms with Crippen LogP contribution in [0.4, 0.5) is 0 Å². The summed E-state index contributed by atoms with van der Waals surface area (Å²) in [5.41, 5.74) is 1.29. The van der Waals surface area contributed by atoms with Gasteiger partial charge in [-0.1, -0.05) is 29.4 Å². The lowest BCUT2D eigenvalue weighted by Gasteiger charge is -2.12. The van der Waals surface area contributed by atoms with Crippen molar-refractivity contribution in [1.29, 1.82) is 0 Å². The Bertz CT molecular complexity index is 1060. The third-order valence-electron chi connectivity index (χ3n) is 4.75. The predicted octanol–water partition coefficient (Wildman–Crippen LogP) is 5.35. The van der Waals surface area contributed by atoms with Crippen molar-refractivity contribution in [2.24, 2.45) is 0 Å². The molecule has 0 fully saturated rings. The van der Waals surface area contributed by atoms with Crippen LogP contribution in [0, 0.1) is 0 Å². The van der Waals surface area contributed by atoms with Crippen molar-refractivity contribution in [2.45, 2.75) is 37.4 Å². The highest BCUT2D eigenvalue weighted by molar-refractivity contribution is 7.99. The lowest BCUT2D eigenvalue weighted by atomic mass is 9.97. The molecule has 2 aromatic heterocycles. The Hall–Kier alpha value is -1.76. The zero-order chi connectivity index (χ0) is 19.5. The number of allylic oxidation sites excluding steroid dienone is 1. The van der Waals surface area contributed by atoms with Crippen LogP contribution in [0.5, 0.6) is 5.75 Å². The van der Waals surface area contributed by atoms with E-state index in [1.54, 1.807) is 45.9 Å². The number of rotatable bonds is 7.